The van der Waals surface area contributed by atoms with Crippen molar-refractivity contribution in [2.45, 2.75) is 84.2 Å². The van der Waals surface area contributed by atoms with E-state index in [0.29, 0.717) is 29.9 Å². The Balaban J connectivity index is 1.35. The Bertz CT molecular complexity index is 655. The van der Waals surface area contributed by atoms with Crippen LogP contribution in [0.5, 0.6) is 0 Å². The van der Waals surface area contributed by atoms with E-state index in [4.69, 9.17) is 16.0 Å². The van der Waals surface area contributed by atoms with Crippen LogP contribution in [0.4, 0.5) is 0 Å². The van der Waals surface area contributed by atoms with Gasteiger partial charge < -0.3 is 21.0 Å². The van der Waals surface area contributed by atoms with Crippen molar-refractivity contribution in [3.8, 4) is 0 Å². The predicted octanol–water partition coefficient (Wildman–Crippen LogP) is 3.88. The molecule has 0 aromatic carbocycles. The molecule has 170 valence electrons. The largest absolute Gasteiger partial charge is 0.396 e. The van der Waals surface area contributed by atoms with Crippen LogP contribution in [-0.4, -0.2) is 36.5 Å². The lowest BCUT2D eigenvalue weighted by atomic mass is 9.45. The fourth-order valence-electron chi connectivity index (χ4n) is 8.05. The number of aliphatic hydroxyl groups excluding tert-OH is 1. The van der Waals surface area contributed by atoms with Gasteiger partial charge in [-0.1, -0.05) is 19.0 Å². The van der Waals surface area contributed by atoms with Crippen LogP contribution in [0.15, 0.2) is 5.16 Å². The predicted molar refractivity (Wildman–Crippen MR) is 120 cm³/mol. The molecule has 4 aliphatic rings. The molecule has 8 atom stereocenters. The minimum Gasteiger partial charge on any atom is -0.396 e. The second-order valence-electron chi connectivity index (χ2n) is 11.1. The Labute approximate surface area is 181 Å². The van der Waals surface area contributed by atoms with Crippen molar-refractivity contribution in [2.24, 2.45) is 51.3 Å². The smallest absolute Gasteiger partial charge is 0.185 e. The third kappa shape index (κ3) is 3.96. The molecular weight excluding hydrogens is 376 g/mol. The molecule has 0 bridgehead atoms. The number of nitrogens with one attached hydrogen (secondary N) is 2. The van der Waals surface area contributed by atoms with Crippen LogP contribution in [0.1, 0.15) is 78.1 Å². The van der Waals surface area contributed by atoms with Gasteiger partial charge in [-0.3, -0.25) is 5.41 Å². The number of guanidine groups is 1. The van der Waals surface area contributed by atoms with E-state index in [9.17, 15) is 5.11 Å². The van der Waals surface area contributed by atoms with Gasteiger partial charge in [-0.15, -0.1) is 0 Å². The first-order valence-corrected chi connectivity index (χ1v) is 12.3. The monoisotopic (exact) mass is 418 g/mol. The van der Waals surface area contributed by atoms with Gasteiger partial charge in [-0.25, -0.2) is 0 Å². The average molecular weight is 419 g/mol. The van der Waals surface area contributed by atoms with Crippen LogP contribution in [0.3, 0.4) is 0 Å². The van der Waals surface area contributed by atoms with Crippen LogP contribution in [-0.2, 0) is 4.84 Å². The van der Waals surface area contributed by atoms with E-state index >= 15 is 0 Å². The quantitative estimate of drug-likeness (QED) is 0.227. The molecule has 4 saturated carbocycles. The molecule has 4 rings (SSSR count). The minimum absolute atomic E-state index is 0.00586. The maximum Gasteiger partial charge on any atom is 0.185 e. The summed E-state index contributed by atoms with van der Waals surface area (Å²) < 4.78 is 0. The Morgan fingerprint density at radius 3 is 2.70 bits per heavy atom. The summed E-state index contributed by atoms with van der Waals surface area (Å²) in [5, 5.41) is 24.5. The van der Waals surface area contributed by atoms with Crippen LogP contribution >= 0.6 is 0 Å². The number of oxime groups is 1. The van der Waals surface area contributed by atoms with E-state index in [1.54, 1.807) is 0 Å². The second kappa shape index (κ2) is 8.68. The highest BCUT2D eigenvalue weighted by Gasteiger charge is 2.59. The zero-order chi connectivity index (χ0) is 21.4. The van der Waals surface area contributed by atoms with E-state index in [1.165, 1.54) is 44.9 Å². The lowest BCUT2D eigenvalue weighted by molar-refractivity contribution is -0.123. The van der Waals surface area contributed by atoms with Crippen LogP contribution in [0, 0.1) is 45.8 Å². The third-order valence-electron chi connectivity index (χ3n) is 9.75. The van der Waals surface area contributed by atoms with Gasteiger partial charge in [0.1, 0.15) is 6.61 Å². The topological polar surface area (TPSA) is 104 Å². The molecule has 0 spiro atoms. The van der Waals surface area contributed by atoms with Gasteiger partial charge in [0.05, 0.1) is 6.10 Å². The molecule has 0 aromatic rings. The highest BCUT2D eigenvalue weighted by Crippen LogP contribution is 2.67. The van der Waals surface area contributed by atoms with Gasteiger partial charge in [0.15, 0.2) is 5.96 Å². The average Bonchev–Trinajstić information content (AvgIpc) is 3.04. The van der Waals surface area contributed by atoms with Crippen molar-refractivity contribution in [1.82, 2.24) is 5.32 Å². The zero-order valence-corrected chi connectivity index (χ0v) is 18.9. The molecule has 6 heteroatoms. The van der Waals surface area contributed by atoms with Gasteiger partial charge in [-0.05, 0) is 92.3 Å². The number of aliphatic hydroxyl groups is 1. The van der Waals surface area contributed by atoms with Crippen molar-refractivity contribution in [1.29, 1.82) is 5.41 Å². The lowest BCUT2D eigenvalue weighted by Gasteiger charge is -2.60. The standard InChI is InChI=1S/C24H42N4O2/c1-23-10-8-18(29)14-16(23)4-6-19-20-7-5-17(24(20,2)11-9-21(19)23)15-28-30-13-3-12-27-22(25)26/h15-21,29H,3-14H2,1-2H3,(H4,25,26,27)/b28-15+/t16?,17?,18?,19-,20-,21+,23-,24+/m0/s1. The number of hydrogen-bond acceptors (Lipinski definition) is 4. The Kier molecular flexibility index (Phi) is 6.34. The summed E-state index contributed by atoms with van der Waals surface area (Å²) >= 11 is 0. The number of nitrogens with two attached hydrogens (primary N) is 1. The summed E-state index contributed by atoms with van der Waals surface area (Å²) in [6.07, 6.45) is 14.0. The molecule has 0 saturated heterocycles. The van der Waals surface area contributed by atoms with E-state index in [0.717, 1.165) is 42.9 Å². The zero-order valence-electron chi connectivity index (χ0n) is 18.9. The van der Waals surface area contributed by atoms with Crippen LogP contribution in [0.2, 0.25) is 0 Å². The SMILES string of the molecule is C[C@]12CCC(O)CC1CC[C@@H]1[C@H]2CC[C@]2(C)C(/C=N/OCCCNC(=N)N)CC[C@@H]12. The van der Waals surface area contributed by atoms with Crippen molar-refractivity contribution in [3.05, 3.63) is 0 Å². The highest BCUT2D eigenvalue weighted by molar-refractivity contribution is 5.74. The first kappa shape index (κ1) is 21.9. The maximum atomic E-state index is 10.2. The maximum absolute atomic E-state index is 10.2. The molecule has 0 radical (unpaired) electrons. The molecule has 6 nitrogen and oxygen atoms in total. The van der Waals surface area contributed by atoms with Crippen LogP contribution in [0.25, 0.3) is 0 Å². The molecule has 4 aliphatic carbocycles. The van der Waals surface area contributed by atoms with E-state index < -0.39 is 0 Å². The molecular formula is C24H42N4O2. The number of rotatable bonds is 6. The summed E-state index contributed by atoms with van der Waals surface area (Å²) in [5.74, 6) is 3.79. The first-order valence-electron chi connectivity index (χ1n) is 12.3. The van der Waals surface area contributed by atoms with Crippen molar-refractivity contribution in [3.63, 3.8) is 0 Å². The van der Waals surface area contributed by atoms with E-state index in [1.807, 2.05) is 0 Å². The number of nitrogens with zero attached hydrogens (tertiary/aromatic N) is 1. The highest BCUT2D eigenvalue weighted by atomic mass is 16.6. The Morgan fingerprint density at radius 2 is 1.90 bits per heavy atom. The van der Waals surface area contributed by atoms with E-state index in [-0.39, 0.29) is 12.1 Å². The summed E-state index contributed by atoms with van der Waals surface area (Å²) in [6.45, 7) is 6.28. The molecule has 3 unspecified atom stereocenters. The molecule has 0 heterocycles. The van der Waals surface area contributed by atoms with Crippen molar-refractivity contribution < 1.29 is 9.94 Å². The van der Waals surface area contributed by atoms with Gasteiger partial charge in [-0.2, -0.15) is 0 Å². The minimum atomic E-state index is -0.0567. The summed E-state index contributed by atoms with van der Waals surface area (Å²) in [4.78, 5) is 5.50. The lowest BCUT2D eigenvalue weighted by Crippen LogP contribution is -2.54. The second-order valence-corrected chi connectivity index (χ2v) is 11.1. The Hall–Kier alpha value is -1.30. The summed E-state index contributed by atoms with van der Waals surface area (Å²) in [5.41, 5.74) is 6.09. The van der Waals surface area contributed by atoms with Gasteiger partial charge in [0.2, 0.25) is 0 Å². The van der Waals surface area contributed by atoms with Crippen molar-refractivity contribution >= 4 is 12.2 Å². The molecule has 5 N–H and O–H groups in total. The fourth-order valence-corrected chi connectivity index (χ4v) is 8.05. The number of fused-ring (bicyclic) bond motifs is 5. The normalized spacial score (nSPS) is 45.4. The Morgan fingerprint density at radius 1 is 1.13 bits per heavy atom. The van der Waals surface area contributed by atoms with Gasteiger partial charge in [0.25, 0.3) is 0 Å². The summed E-state index contributed by atoms with van der Waals surface area (Å²) in [6, 6.07) is 0. The molecule has 0 amide bonds. The van der Waals surface area contributed by atoms with Gasteiger partial charge in [0, 0.05) is 25.1 Å². The third-order valence-corrected chi connectivity index (χ3v) is 9.75. The summed E-state index contributed by atoms with van der Waals surface area (Å²) in [7, 11) is 0. The molecule has 0 aromatic heterocycles. The molecule has 30 heavy (non-hydrogen) atoms. The van der Waals surface area contributed by atoms with Crippen LogP contribution < -0.4 is 11.1 Å². The first-order chi connectivity index (χ1) is 14.3. The fraction of sp³-hybridized carbons (Fsp3) is 0.917. The van der Waals surface area contributed by atoms with E-state index in [2.05, 4.69) is 30.5 Å². The van der Waals surface area contributed by atoms with Gasteiger partial charge >= 0.3 is 0 Å². The number of hydrogen-bond donors (Lipinski definition) is 4. The molecule has 0 aliphatic heterocycles. The molecule has 4 fully saturated rings. The van der Waals surface area contributed by atoms with Crippen molar-refractivity contribution in [2.75, 3.05) is 13.2 Å².